The number of hydrogen-bond acceptors (Lipinski definition) is 4. The van der Waals surface area contributed by atoms with Gasteiger partial charge in [-0.05, 0) is 13.0 Å². The maximum atomic E-state index is 12.6. The van der Waals surface area contributed by atoms with Crippen LogP contribution >= 0.6 is 0 Å². The summed E-state index contributed by atoms with van der Waals surface area (Å²) in [6, 6.07) is 5.26. The lowest BCUT2D eigenvalue weighted by molar-refractivity contribution is -0.138. The van der Waals surface area contributed by atoms with Gasteiger partial charge in [0.2, 0.25) is 0 Å². The molecule has 0 saturated carbocycles. The van der Waals surface area contributed by atoms with Crippen LogP contribution in [-0.2, 0) is 0 Å². The molecule has 2 aromatic carbocycles. The van der Waals surface area contributed by atoms with Gasteiger partial charge in [0.15, 0.2) is 0 Å². The molecule has 0 bridgehead atoms. The molecule has 0 aliphatic heterocycles. The predicted molar refractivity (Wildman–Crippen MR) is 82.1 cm³/mol. The third kappa shape index (κ3) is 2.56. The summed E-state index contributed by atoms with van der Waals surface area (Å²) in [5.41, 5.74) is -0.987. The molecule has 0 fully saturated rings. The number of para-hydroxylation sites is 1. The Hall–Kier alpha value is -2.77. The summed E-state index contributed by atoms with van der Waals surface area (Å²) in [6.45, 7) is 0.881. The highest BCUT2D eigenvalue weighted by Gasteiger charge is 2.38. The minimum atomic E-state index is -4.52. The Balaban J connectivity index is 1.91. The standard InChI is InChI=1S/C15H12F3N3O2/c1-7(15(16,17)18)20-11-12(14(23)13(11)22)21-10-6-19-9-5-3-2-4-8(9)10/h2-7,19-21H,1H3/t7-/m1/s1. The van der Waals surface area contributed by atoms with Crippen LogP contribution in [0.2, 0.25) is 0 Å². The number of nitrogens with one attached hydrogen (secondary N) is 3. The van der Waals surface area contributed by atoms with Gasteiger partial charge >= 0.3 is 6.18 Å². The lowest BCUT2D eigenvalue weighted by Gasteiger charge is -2.21. The van der Waals surface area contributed by atoms with Gasteiger partial charge in [-0.2, -0.15) is 13.2 Å². The van der Waals surface area contributed by atoms with E-state index in [2.05, 4.69) is 15.6 Å². The average molecular weight is 323 g/mol. The van der Waals surface area contributed by atoms with E-state index in [0.717, 1.165) is 17.8 Å². The first-order chi connectivity index (χ1) is 10.8. The largest absolute Gasteiger partial charge is 0.408 e. The van der Waals surface area contributed by atoms with Crippen molar-refractivity contribution >= 4 is 28.0 Å². The Labute approximate surface area is 127 Å². The fourth-order valence-electron chi connectivity index (χ4n) is 2.26. The monoisotopic (exact) mass is 323 g/mol. The Kier molecular flexibility index (Phi) is 3.39. The molecule has 5 nitrogen and oxygen atoms in total. The van der Waals surface area contributed by atoms with Crippen molar-refractivity contribution in [3.05, 3.63) is 50.9 Å². The molecule has 0 aliphatic rings. The van der Waals surface area contributed by atoms with Crippen LogP contribution in [0.1, 0.15) is 6.92 Å². The Morgan fingerprint density at radius 1 is 1.09 bits per heavy atom. The highest BCUT2D eigenvalue weighted by molar-refractivity contribution is 5.95. The number of aromatic nitrogens is 1. The molecule has 23 heavy (non-hydrogen) atoms. The van der Waals surface area contributed by atoms with Gasteiger partial charge in [-0.1, -0.05) is 18.2 Å². The van der Waals surface area contributed by atoms with Crippen LogP contribution < -0.4 is 21.5 Å². The molecule has 0 saturated heterocycles. The van der Waals surface area contributed by atoms with Gasteiger partial charge in [-0.3, -0.25) is 9.59 Å². The van der Waals surface area contributed by atoms with E-state index in [9.17, 15) is 22.8 Å². The summed E-state index contributed by atoms with van der Waals surface area (Å²) >= 11 is 0. The van der Waals surface area contributed by atoms with Crippen molar-refractivity contribution < 1.29 is 13.2 Å². The van der Waals surface area contributed by atoms with Crippen molar-refractivity contribution in [2.75, 3.05) is 10.6 Å². The van der Waals surface area contributed by atoms with Gasteiger partial charge in [-0.25, -0.2) is 0 Å². The molecule has 3 N–H and O–H groups in total. The lowest BCUT2D eigenvalue weighted by atomic mass is 10.1. The second kappa shape index (κ2) is 5.15. The van der Waals surface area contributed by atoms with Crippen LogP contribution in [0.4, 0.5) is 30.2 Å². The number of anilines is 3. The molecule has 8 heteroatoms. The van der Waals surface area contributed by atoms with Gasteiger partial charge in [0.05, 0.1) is 5.69 Å². The molecule has 3 rings (SSSR count). The number of fused-ring (bicyclic) bond motifs is 1. The van der Waals surface area contributed by atoms with Gasteiger partial charge in [0.1, 0.15) is 17.4 Å². The molecule has 1 heterocycles. The van der Waals surface area contributed by atoms with Gasteiger partial charge < -0.3 is 15.6 Å². The van der Waals surface area contributed by atoms with E-state index in [0.29, 0.717) is 5.69 Å². The first-order valence-corrected chi connectivity index (χ1v) is 6.78. The highest BCUT2D eigenvalue weighted by atomic mass is 19.4. The third-order valence-electron chi connectivity index (χ3n) is 3.61. The van der Waals surface area contributed by atoms with E-state index in [1.807, 2.05) is 12.1 Å². The molecular weight excluding hydrogens is 311 g/mol. The fourth-order valence-corrected chi connectivity index (χ4v) is 2.26. The summed E-state index contributed by atoms with van der Waals surface area (Å²) in [7, 11) is 0. The number of alkyl halides is 3. The zero-order valence-corrected chi connectivity index (χ0v) is 11.9. The molecule has 0 amide bonds. The zero-order chi connectivity index (χ0) is 16.8. The topological polar surface area (TPSA) is 74.0 Å². The smallest absolute Gasteiger partial charge is 0.369 e. The van der Waals surface area contributed by atoms with E-state index >= 15 is 0 Å². The number of H-pyrrole nitrogens is 1. The van der Waals surface area contributed by atoms with Crippen LogP contribution in [0.15, 0.2) is 40.1 Å². The predicted octanol–water partition coefficient (Wildman–Crippen LogP) is 2.87. The van der Waals surface area contributed by atoms with E-state index in [4.69, 9.17) is 0 Å². The van der Waals surface area contributed by atoms with E-state index in [1.54, 1.807) is 18.3 Å². The second-order valence-electron chi connectivity index (χ2n) is 5.19. The fraction of sp³-hybridized carbons (Fsp3) is 0.200. The first-order valence-electron chi connectivity index (χ1n) is 6.78. The molecule has 0 unspecified atom stereocenters. The van der Waals surface area contributed by atoms with Crippen LogP contribution in [0.5, 0.6) is 0 Å². The van der Waals surface area contributed by atoms with Crippen LogP contribution in [0.25, 0.3) is 10.9 Å². The molecule has 3 aromatic rings. The normalized spacial score (nSPS) is 13.4. The molecule has 1 atom stereocenters. The molecular formula is C15H12F3N3O2. The lowest BCUT2D eigenvalue weighted by Crippen LogP contribution is -2.42. The highest BCUT2D eigenvalue weighted by Crippen LogP contribution is 2.29. The average Bonchev–Trinajstić information content (AvgIpc) is 2.92. The van der Waals surface area contributed by atoms with Gasteiger partial charge in [0.25, 0.3) is 10.9 Å². The summed E-state index contributed by atoms with van der Waals surface area (Å²) < 4.78 is 37.8. The number of rotatable bonds is 4. The Morgan fingerprint density at radius 3 is 2.43 bits per heavy atom. The van der Waals surface area contributed by atoms with Crippen molar-refractivity contribution in [1.29, 1.82) is 0 Å². The summed E-state index contributed by atoms with van der Waals surface area (Å²) in [6.07, 6.45) is -2.93. The summed E-state index contributed by atoms with van der Waals surface area (Å²) in [4.78, 5) is 26.2. The van der Waals surface area contributed by atoms with E-state index in [1.165, 1.54) is 0 Å². The SMILES string of the molecule is C[C@@H](Nc1c(Nc2c[nH]c3ccccc23)c(=O)c1=O)C(F)(F)F. The van der Waals surface area contributed by atoms with Crippen LogP contribution in [0, 0.1) is 0 Å². The molecule has 1 aromatic heterocycles. The van der Waals surface area contributed by atoms with Crippen molar-refractivity contribution in [3.63, 3.8) is 0 Å². The maximum absolute atomic E-state index is 12.6. The minimum absolute atomic E-state index is 0.157. The van der Waals surface area contributed by atoms with Gasteiger partial charge in [-0.15, -0.1) is 0 Å². The number of aromatic amines is 1. The molecule has 0 spiro atoms. The van der Waals surface area contributed by atoms with E-state index in [-0.39, 0.29) is 11.4 Å². The van der Waals surface area contributed by atoms with Crippen molar-refractivity contribution in [1.82, 2.24) is 4.98 Å². The minimum Gasteiger partial charge on any atom is -0.369 e. The summed E-state index contributed by atoms with van der Waals surface area (Å²) in [5, 5.41) is 5.55. The quantitative estimate of drug-likeness (QED) is 0.646. The molecule has 0 radical (unpaired) electrons. The maximum Gasteiger partial charge on any atom is 0.408 e. The second-order valence-corrected chi connectivity index (χ2v) is 5.19. The first kappa shape index (κ1) is 15.1. The zero-order valence-electron chi connectivity index (χ0n) is 11.9. The molecule has 120 valence electrons. The number of benzene rings is 1. The van der Waals surface area contributed by atoms with E-state index < -0.39 is 23.1 Å². The number of hydrogen-bond donors (Lipinski definition) is 3. The van der Waals surface area contributed by atoms with Crippen molar-refractivity contribution in [2.24, 2.45) is 0 Å². The van der Waals surface area contributed by atoms with Crippen molar-refractivity contribution in [3.8, 4) is 0 Å². The third-order valence-corrected chi connectivity index (χ3v) is 3.61. The molecule has 0 aliphatic carbocycles. The van der Waals surface area contributed by atoms with Crippen LogP contribution in [0.3, 0.4) is 0 Å². The van der Waals surface area contributed by atoms with Crippen molar-refractivity contribution in [2.45, 2.75) is 19.1 Å². The summed E-state index contributed by atoms with van der Waals surface area (Å²) in [5.74, 6) is 0. The van der Waals surface area contributed by atoms with Gasteiger partial charge in [0, 0.05) is 17.1 Å². The Morgan fingerprint density at radius 2 is 1.74 bits per heavy atom. The van der Waals surface area contributed by atoms with Crippen LogP contribution in [-0.4, -0.2) is 17.2 Å². The number of halogens is 3. The Bertz CT molecular complexity index is 936.